The van der Waals surface area contributed by atoms with Gasteiger partial charge in [0, 0.05) is 26.2 Å². The molecule has 0 radical (unpaired) electrons. The zero-order valence-electron chi connectivity index (χ0n) is 10.3. The minimum Gasteiger partial charge on any atom is -0.394 e. The van der Waals surface area contributed by atoms with Crippen molar-refractivity contribution in [2.45, 2.75) is 25.4 Å². The summed E-state index contributed by atoms with van der Waals surface area (Å²) in [5.74, 6) is 0.00593. The second kappa shape index (κ2) is 6.18. The van der Waals surface area contributed by atoms with Crippen LogP contribution in [-0.4, -0.2) is 73.4 Å². The molecule has 5 heteroatoms. The summed E-state index contributed by atoms with van der Waals surface area (Å²) in [5.41, 5.74) is 0. The van der Waals surface area contributed by atoms with Gasteiger partial charge in [-0.2, -0.15) is 0 Å². The number of nitrogens with zero attached hydrogens (tertiary/aromatic N) is 2. The minimum atomic E-state index is -0.408. The molecule has 2 unspecified atom stereocenters. The van der Waals surface area contributed by atoms with Gasteiger partial charge in [-0.15, -0.1) is 0 Å². The first kappa shape index (κ1) is 13.4. The van der Waals surface area contributed by atoms with Crippen LogP contribution in [0.1, 0.15) is 13.3 Å². The molecule has 0 aromatic carbocycles. The summed E-state index contributed by atoms with van der Waals surface area (Å²) in [6.45, 7) is 3.84. The van der Waals surface area contributed by atoms with Crippen LogP contribution in [0.25, 0.3) is 0 Å². The van der Waals surface area contributed by atoms with Gasteiger partial charge < -0.3 is 14.7 Å². The number of likely N-dealkylation sites (N-methyl/N-ethyl adjacent to an activating group) is 1. The third kappa shape index (κ3) is 2.93. The molecular formula is C11H22N2O3. The van der Waals surface area contributed by atoms with Gasteiger partial charge in [-0.1, -0.05) is 0 Å². The summed E-state index contributed by atoms with van der Waals surface area (Å²) in [6, 6.07) is -0.0944. The fraction of sp³-hybridized carbons (Fsp3) is 0.909. The standard InChI is InChI=1S/C11H22N2O3/c1-9-4-5-13(6-7-16-3)11(15)10(8-14)12(9)2/h9-10,14H,4-8H2,1-3H3. The molecule has 1 fully saturated rings. The Morgan fingerprint density at radius 1 is 1.56 bits per heavy atom. The van der Waals surface area contributed by atoms with Crippen LogP contribution in [0, 0.1) is 0 Å². The van der Waals surface area contributed by atoms with Crippen LogP contribution in [0.3, 0.4) is 0 Å². The van der Waals surface area contributed by atoms with Gasteiger partial charge in [0.1, 0.15) is 6.04 Å². The maximum Gasteiger partial charge on any atom is 0.242 e. The first-order chi connectivity index (χ1) is 7.61. The molecular weight excluding hydrogens is 208 g/mol. The van der Waals surface area contributed by atoms with Crippen molar-refractivity contribution >= 4 is 5.91 Å². The highest BCUT2D eigenvalue weighted by Gasteiger charge is 2.32. The van der Waals surface area contributed by atoms with Crippen LogP contribution in [0.5, 0.6) is 0 Å². The number of carbonyl (C=O) groups excluding carboxylic acids is 1. The van der Waals surface area contributed by atoms with E-state index in [4.69, 9.17) is 4.74 Å². The number of methoxy groups -OCH3 is 1. The van der Waals surface area contributed by atoms with Crippen molar-refractivity contribution < 1.29 is 14.6 Å². The molecule has 0 aliphatic carbocycles. The van der Waals surface area contributed by atoms with E-state index in [-0.39, 0.29) is 12.5 Å². The molecule has 1 amide bonds. The molecule has 0 bridgehead atoms. The van der Waals surface area contributed by atoms with Gasteiger partial charge in [0.2, 0.25) is 5.91 Å². The molecule has 1 aliphatic heterocycles. The van der Waals surface area contributed by atoms with E-state index in [0.29, 0.717) is 19.2 Å². The van der Waals surface area contributed by atoms with E-state index in [0.717, 1.165) is 13.0 Å². The van der Waals surface area contributed by atoms with Crippen LogP contribution in [0.4, 0.5) is 0 Å². The normalized spacial score (nSPS) is 28.2. The lowest BCUT2D eigenvalue weighted by Crippen LogP contribution is -2.48. The van der Waals surface area contributed by atoms with Crippen molar-refractivity contribution in [1.29, 1.82) is 0 Å². The van der Waals surface area contributed by atoms with Gasteiger partial charge >= 0.3 is 0 Å². The number of aliphatic hydroxyl groups excluding tert-OH is 1. The summed E-state index contributed by atoms with van der Waals surface area (Å²) in [7, 11) is 3.52. The maximum atomic E-state index is 12.1. The monoisotopic (exact) mass is 230 g/mol. The zero-order valence-corrected chi connectivity index (χ0v) is 10.3. The third-order valence-corrected chi connectivity index (χ3v) is 3.34. The lowest BCUT2D eigenvalue weighted by molar-refractivity contribution is -0.137. The van der Waals surface area contributed by atoms with Crippen molar-refractivity contribution in [3.05, 3.63) is 0 Å². The number of hydrogen-bond donors (Lipinski definition) is 1. The Morgan fingerprint density at radius 2 is 2.25 bits per heavy atom. The first-order valence-electron chi connectivity index (χ1n) is 5.72. The number of ether oxygens (including phenoxy) is 1. The second-order valence-corrected chi connectivity index (χ2v) is 4.32. The Labute approximate surface area is 97.0 Å². The highest BCUT2D eigenvalue weighted by Crippen LogP contribution is 2.15. The highest BCUT2D eigenvalue weighted by atomic mass is 16.5. The van der Waals surface area contributed by atoms with E-state index < -0.39 is 6.04 Å². The number of amides is 1. The number of rotatable bonds is 4. The fourth-order valence-electron chi connectivity index (χ4n) is 1.98. The minimum absolute atomic E-state index is 0.00593. The maximum absolute atomic E-state index is 12.1. The molecule has 1 aliphatic rings. The second-order valence-electron chi connectivity index (χ2n) is 4.32. The van der Waals surface area contributed by atoms with E-state index in [9.17, 15) is 9.90 Å². The predicted molar refractivity (Wildman–Crippen MR) is 61.2 cm³/mol. The van der Waals surface area contributed by atoms with Gasteiger partial charge in [0.25, 0.3) is 0 Å². The summed E-state index contributed by atoms with van der Waals surface area (Å²) in [4.78, 5) is 15.8. The van der Waals surface area contributed by atoms with Gasteiger partial charge in [0.05, 0.1) is 13.2 Å². The third-order valence-electron chi connectivity index (χ3n) is 3.34. The van der Waals surface area contributed by atoms with Crippen molar-refractivity contribution in [3.8, 4) is 0 Å². The lowest BCUT2D eigenvalue weighted by Gasteiger charge is -2.28. The Bertz CT molecular complexity index is 235. The molecule has 2 atom stereocenters. The zero-order chi connectivity index (χ0) is 12.1. The molecule has 5 nitrogen and oxygen atoms in total. The molecule has 0 aromatic rings. The molecule has 1 rings (SSSR count). The van der Waals surface area contributed by atoms with E-state index in [2.05, 4.69) is 6.92 Å². The predicted octanol–water partition coefficient (Wildman–Crippen LogP) is -0.454. The Morgan fingerprint density at radius 3 is 2.81 bits per heavy atom. The quantitative estimate of drug-likeness (QED) is 0.710. The highest BCUT2D eigenvalue weighted by molar-refractivity contribution is 5.82. The molecule has 1 heterocycles. The summed E-state index contributed by atoms with van der Waals surface area (Å²) in [5, 5.41) is 9.30. The molecule has 94 valence electrons. The van der Waals surface area contributed by atoms with Crippen molar-refractivity contribution in [1.82, 2.24) is 9.80 Å². The molecule has 0 aromatic heterocycles. The lowest BCUT2D eigenvalue weighted by atomic mass is 10.2. The van der Waals surface area contributed by atoms with Crippen LogP contribution in [0.15, 0.2) is 0 Å². The summed E-state index contributed by atoms with van der Waals surface area (Å²) < 4.78 is 4.99. The van der Waals surface area contributed by atoms with E-state index in [1.807, 2.05) is 11.9 Å². The Balaban J connectivity index is 2.70. The van der Waals surface area contributed by atoms with Crippen LogP contribution >= 0.6 is 0 Å². The smallest absolute Gasteiger partial charge is 0.242 e. The molecule has 0 spiro atoms. The average molecular weight is 230 g/mol. The first-order valence-corrected chi connectivity index (χ1v) is 5.72. The molecule has 1 N–H and O–H groups in total. The molecule has 1 saturated heterocycles. The van der Waals surface area contributed by atoms with Gasteiger partial charge in [-0.25, -0.2) is 0 Å². The number of hydrogen-bond acceptors (Lipinski definition) is 4. The summed E-state index contributed by atoms with van der Waals surface area (Å²) in [6.07, 6.45) is 0.933. The number of aliphatic hydroxyl groups is 1. The van der Waals surface area contributed by atoms with Crippen LogP contribution in [0.2, 0.25) is 0 Å². The largest absolute Gasteiger partial charge is 0.394 e. The van der Waals surface area contributed by atoms with Crippen LogP contribution in [-0.2, 0) is 9.53 Å². The van der Waals surface area contributed by atoms with Gasteiger partial charge in [0.15, 0.2) is 0 Å². The van der Waals surface area contributed by atoms with Gasteiger partial charge in [-0.3, -0.25) is 9.69 Å². The van der Waals surface area contributed by atoms with E-state index >= 15 is 0 Å². The van der Waals surface area contributed by atoms with Crippen molar-refractivity contribution in [3.63, 3.8) is 0 Å². The number of carbonyl (C=O) groups is 1. The van der Waals surface area contributed by atoms with Crippen LogP contribution < -0.4 is 0 Å². The Hall–Kier alpha value is -0.650. The summed E-state index contributed by atoms with van der Waals surface area (Å²) >= 11 is 0. The van der Waals surface area contributed by atoms with Gasteiger partial charge in [-0.05, 0) is 20.4 Å². The molecule has 0 saturated carbocycles. The van der Waals surface area contributed by atoms with E-state index in [1.54, 1.807) is 12.0 Å². The topological polar surface area (TPSA) is 53.0 Å². The average Bonchev–Trinajstić information content (AvgIpc) is 2.37. The van der Waals surface area contributed by atoms with Crippen molar-refractivity contribution in [2.24, 2.45) is 0 Å². The Kier molecular flexibility index (Phi) is 5.18. The van der Waals surface area contributed by atoms with E-state index in [1.165, 1.54) is 0 Å². The molecule has 16 heavy (non-hydrogen) atoms. The SMILES string of the molecule is COCCN1CCC(C)N(C)C(CO)C1=O. The van der Waals surface area contributed by atoms with Crippen molar-refractivity contribution in [2.75, 3.05) is 40.5 Å². The fourth-order valence-corrected chi connectivity index (χ4v) is 1.98.